The van der Waals surface area contributed by atoms with Gasteiger partial charge in [-0.1, -0.05) is 150 Å². The van der Waals surface area contributed by atoms with Crippen LogP contribution in [-0.2, 0) is 19.6 Å². The number of hydrogen-bond donors (Lipinski definition) is 3. The summed E-state index contributed by atoms with van der Waals surface area (Å²) in [6.45, 7) is 8.49. The van der Waals surface area contributed by atoms with Gasteiger partial charge in [-0.25, -0.2) is 4.98 Å². The number of carbonyl (C=O) groups excluding carboxylic acids is 3. The van der Waals surface area contributed by atoms with Gasteiger partial charge in [-0.2, -0.15) is 0 Å². The third-order valence-corrected chi connectivity index (χ3v) is 13.1. The van der Waals surface area contributed by atoms with Gasteiger partial charge >= 0.3 is 0 Å². The summed E-state index contributed by atoms with van der Waals surface area (Å²) in [4.78, 5) is 53.6. The molecular weight excluding hydrogens is 969 g/mol. The largest absolute Gasteiger partial charge is 0.341 e. The average Bonchev–Trinajstić information content (AvgIpc) is 4.14. The van der Waals surface area contributed by atoms with Gasteiger partial charge in [0, 0.05) is 85.4 Å². The van der Waals surface area contributed by atoms with E-state index in [0.717, 1.165) is 69.4 Å². The number of carbonyl (C=O) groups is 3. The van der Waals surface area contributed by atoms with E-state index in [2.05, 4.69) is 161 Å². The molecule has 6 aromatic heterocycles. The maximum Gasteiger partial charge on any atom is 0.275 e. The fourth-order valence-corrected chi connectivity index (χ4v) is 9.08. The summed E-state index contributed by atoms with van der Waals surface area (Å²) in [7, 11) is 0. The van der Waals surface area contributed by atoms with E-state index in [9.17, 15) is 14.4 Å². The van der Waals surface area contributed by atoms with Crippen LogP contribution in [0.3, 0.4) is 0 Å². The molecule has 13 heteroatoms. The molecule has 3 N–H and O–H groups in total. The van der Waals surface area contributed by atoms with Crippen molar-refractivity contribution in [2.75, 3.05) is 16.0 Å². The van der Waals surface area contributed by atoms with Crippen molar-refractivity contribution in [3.8, 4) is 0 Å². The van der Waals surface area contributed by atoms with Crippen molar-refractivity contribution in [1.29, 1.82) is 0 Å². The third-order valence-electron chi connectivity index (χ3n) is 13.1. The Morgan fingerprint density at radius 1 is 0.372 bits per heavy atom. The summed E-state index contributed by atoms with van der Waals surface area (Å²) in [6, 6.07) is 58.5. The minimum atomic E-state index is -0.267. The van der Waals surface area contributed by atoms with Crippen molar-refractivity contribution in [2.24, 2.45) is 0 Å². The second-order valence-electron chi connectivity index (χ2n) is 18.9. The number of pyridine rings is 2. The molecule has 6 aromatic carbocycles. The van der Waals surface area contributed by atoms with E-state index in [-0.39, 0.29) is 17.7 Å². The highest BCUT2D eigenvalue weighted by Crippen LogP contribution is 2.30. The second kappa shape index (κ2) is 23.9. The lowest BCUT2D eigenvalue weighted by atomic mass is 10.1. The summed E-state index contributed by atoms with van der Waals surface area (Å²) in [6.07, 6.45) is 15.3. The standard InChI is InChI=1S/2C22H19N3O.C21H18N4O/c1-16-9-11-17(12-10-16)14-25-15-20(18-6-2-3-8-21(18)25)24-22(26)19-7-4-5-13-23-19;1-16-8-10-17(11-9-16)14-25-15-20(19-6-2-3-7-21(19)25)24-22(26)18-5-4-12-23-13-18;1-15-6-8-16(9-7-15)13-25-14-19(17-4-2-3-5-20(17)25)24-21(26)18-12-22-10-11-23-18/h2*2-13,15H,14H2,1H3,(H,24,26);2-12,14H,13H2,1H3,(H,24,26). The van der Waals surface area contributed by atoms with E-state index in [4.69, 9.17) is 0 Å². The van der Waals surface area contributed by atoms with Crippen LogP contribution in [0.25, 0.3) is 32.7 Å². The van der Waals surface area contributed by atoms with E-state index in [1.165, 1.54) is 45.8 Å². The van der Waals surface area contributed by atoms with Crippen LogP contribution in [-0.4, -0.2) is 51.4 Å². The molecule has 0 aliphatic rings. The molecule has 0 atom stereocenters. The lowest BCUT2D eigenvalue weighted by molar-refractivity contribution is 0.101. The molecule has 384 valence electrons. The lowest BCUT2D eigenvalue weighted by Crippen LogP contribution is -2.13. The SMILES string of the molecule is Cc1ccc(Cn2cc(NC(=O)c3ccccn3)c3ccccc32)cc1.Cc1ccc(Cn2cc(NC(=O)c3cccnc3)c3ccccc32)cc1.Cc1ccc(Cn2cc(NC(=O)c3cnccn3)c3ccccc32)cc1. The molecule has 13 nitrogen and oxygen atoms in total. The summed E-state index contributed by atoms with van der Waals surface area (Å²) in [5.41, 5.74) is 14.2. The molecular formula is C65H56N10O3. The number of aromatic nitrogens is 7. The molecule has 0 aliphatic heterocycles. The maximum absolute atomic E-state index is 12.5. The number of benzene rings is 6. The molecule has 0 saturated carbocycles. The number of rotatable bonds is 12. The Bertz CT molecular complexity index is 3570. The van der Waals surface area contributed by atoms with Crippen LogP contribution >= 0.6 is 0 Å². The minimum Gasteiger partial charge on any atom is -0.341 e. The van der Waals surface area contributed by atoms with Crippen molar-refractivity contribution >= 4 is 67.5 Å². The molecule has 12 aromatic rings. The summed E-state index contributed by atoms with van der Waals surface area (Å²) in [5.74, 6) is -0.628. The molecule has 12 rings (SSSR count). The smallest absolute Gasteiger partial charge is 0.275 e. The van der Waals surface area contributed by atoms with E-state index in [0.29, 0.717) is 17.0 Å². The zero-order valence-corrected chi connectivity index (χ0v) is 43.4. The van der Waals surface area contributed by atoms with Crippen molar-refractivity contribution in [2.45, 2.75) is 40.4 Å². The number of aryl methyl sites for hydroxylation is 3. The fourth-order valence-electron chi connectivity index (χ4n) is 9.08. The van der Waals surface area contributed by atoms with Gasteiger partial charge in [0.2, 0.25) is 0 Å². The number of fused-ring (bicyclic) bond motifs is 3. The quantitative estimate of drug-likeness (QED) is 0.110. The average molecular weight is 1030 g/mol. The highest BCUT2D eigenvalue weighted by atomic mass is 16.2. The van der Waals surface area contributed by atoms with E-state index in [1.807, 2.05) is 79.3 Å². The zero-order chi connectivity index (χ0) is 53.8. The van der Waals surface area contributed by atoms with Crippen LogP contribution in [0, 0.1) is 20.8 Å². The summed E-state index contributed by atoms with van der Waals surface area (Å²) < 4.78 is 6.47. The monoisotopic (exact) mass is 1020 g/mol. The molecule has 6 heterocycles. The molecule has 0 aliphatic carbocycles. The fraction of sp³-hybridized carbons (Fsp3) is 0.0923. The first kappa shape index (κ1) is 51.2. The second-order valence-corrected chi connectivity index (χ2v) is 18.9. The first-order valence-electron chi connectivity index (χ1n) is 25.5. The lowest BCUT2D eigenvalue weighted by Gasteiger charge is -2.06. The van der Waals surface area contributed by atoms with Crippen molar-refractivity contribution < 1.29 is 14.4 Å². The highest BCUT2D eigenvalue weighted by molar-refractivity contribution is 6.10. The predicted octanol–water partition coefficient (Wildman–Crippen LogP) is 13.3. The van der Waals surface area contributed by atoms with Crippen LogP contribution in [0.15, 0.2) is 232 Å². The number of nitrogens with zero attached hydrogens (tertiary/aromatic N) is 7. The molecule has 0 bridgehead atoms. The predicted molar refractivity (Wildman–Crippen MR) is 311 cm³/mol. The van der Waals surface area contributed by atoms with Gasteiger partial charge in [0.05, 0.1) is 45.4 Å². The van der Waals surface area contributed by atoms with E-state index < -0.39 is 0 Å². The van der Waals surface area contributed by atoms with E-state index >= 15 is 0 Å². The molecule has 0 fully saturated rings. The van der Waals surface area contributed by atoms with Crippen LogP contribution < -0.4 is 16.0 Å². The molecule has 0 spiro atoms. The number of amides is 3. The molecule has 0 radical (unpaired) electrons. The van der Waals surface area contributed by atoms with Crippen molar-refractivity contribution in [1.82, 2.24) is 33.6 Å². The van der Waals surface area contributed by atoms with E-state index in [1.54, 1.807) is 49.1 Å². The van der Waals surface area contributed by atoms with Gasteiger partial charge in [-0.15, -0.1) is 0 Å². The summed E-state index contributed by atoms with van der Waals surface area (Å²) >= 11 is 0. The van der Waals surface area contributed by atoms with Gasteiger partial charge in [-0.3, -0.25) is 29.3 Å². The van der Waals surface area contributed by atoms with Crippen LogP contribution in [0.5, 0.6) is 0 Å². The van der Waals surface area contributed by atoms with Gasteiger partial charge < -0.3 is 29.7 Å². The number of anilines is 3. The number of hydrogen-bond acceptors (Lipinski definition) is 7. The normalized spacial score (nSPS) is 10.8. The maximum atomic E-state index is 12.5. The Morgan fingerprint density at radius 2 is 0.769 bits per heavy atom. The Kier molecular flexibility index (Phi) is 15.7. The van der Waals surface area contributed by atoms with Gasteiger partial charge in [0.15, 0.2) is 0 Å². The molecule has 3 amide bonds. The number of nitrogens with one attached hydrogen (secondary N) is 3. The molecule has 78 heavy (non-hydrogen) atoms. The zero-order valence-electron chi connectivity index (χ0n) is 43.4. The minimum absolute atomic E-state index is 0.156. The Morgan fingerprint density at radius 3 is 1.17 bits per heavy atom. The highest BCUT2D eigenvalue weighted by Gasteiger charge is 2.16. The van der Waals surface area contributed by atoms with Gasteiger partial charge in [-0.05, 0) is 79.9 Å². The molecule has 0 saturated heterocycles. The first-order valence-corrected chi connectivity index (χ1v) is 25.5. The molecule has 0 unspecified atom stereocenters. The Labute approximate surface area is 451 Å². The van der Waals surface area contributed by atoms with Crippen LogP contribution in [0.2, 0.25) is 0 Å². The Hall–Kier alpha value is -10.3. The van der Waals surface area contributed by atoms with Crippen molar-refractivity contribution in [3.05, 3.63) is 282 Å². The van der Waals surface area contributed by atoms with Crippen molar-refractivity contribution in [3.63, 3.8) is 0 Å². The third kappa shape index (κ3) is 12.5. The van der Waals surface area contributed by atoms with Gasteiger partial charge in [0.1, 0.15) is 11.4 Å². The van der Waals surface area contributed by atoms with Gasteiger partial charge in [0.25, 0.3) is 17.7 Å². The van der Waals surface area contributed by atoms with Crippen LogP contribution in [0.4, 0.5) is 17.1 Å². The number of para-hydroxylation sites is 3. The summed E-state index contributed by atoms with van der Waals surface area (Å²) in [5, 5.41) is 12.0. The van der Waals surface area contributed by atoms with Crippen LogP contribution in [0.1, 0.15) is 64.7 Å². The topological polar surface area (TPSA) is 154 Å². The first-order chi connectivity index (χ1) is 38.1. The Balaban J connectivity index is 0.000000132.